The first kappa shape index (κ1) is 14.3. The fourth-order valence-corrected chi connectivity index (χ4v) is 3.15. The van der Waals surface area contributed by atoms with Crippen molar-refractivity contribution in [1.29, 1.82) is 0 Å². The third kappa shape index (κ3) is 2.84. The monoisotopic (exact) mass is 412 g/mol. The topological polar surface area (TPSA) is 26.3 Å². The van der Waals surface area contributed by atoms with E-state index in [4.69, 9.17) is 8.83 Å². The van der Waals surface area contributed by atoms with Crippen LogP contribution in [-0.2, 0) is 0 Å². The van der Waals surface area contributed by atoms with Gasteiger partial charge in [0.25, 0.3) is 0 Å². The number of hydrogen-bond acceptors (Lipinski definition) is 2. The molecule has 0 spiro atoms. The van der Waals surface area contributed by atoms with Gasteiger partial charge < -0.3 is 8.83 Å². The van der Waals surface area contributed by atoms with Crippen molar-refractivity contribution < 1.29 is 8.83 Å². The second-order valence-electron chi connectivity index (χ2n) is 5.22. The predicted molar refractivity (Wildman–Crippen MR) is 100.0 cm³/mol. The van der Waals surface area contributed by atoms with E-state index in [9.17, 15) is 0 Å². The van der Waals surface area contributed by atoms with Gasteiger partial charge in [0, 0.05) is 11.1 Å². The van der Waals surface area contributed by atoms with Gasteiger partial charge in [-0.15, -0.1) is 0 Å². The zero-order valence-electron chi connectivity index (χ0n) is 12.2. The lowest BCUT2D eigenvalue weighted by atomic mass is 10.0. The Kier molecular flexibility index (Phi) is 3.79. The maximum absolute atomic E-state index is 5.90. The second-order valence-corrected chi connectivity index (χ2v) is 6.29. The summed E-state index contributed by atoms with van der Waals surface area (Å²) in [6, 6.07) is 24.5. The lowest BCUT2D eigenvalue weighted by Crippen LogP contribution is -1.77. The average molecular weight is 412 g/mol. The zero-order chi connectivity index (χ0) is 15.6. The van der Waals surface area contributed by atoms with Crippen LogP contribution in [0.4, 0.5) is 0 Å². The molecule has 0 aliphatic rings. The number of rotatable bonds is 3. The molecular formula is C20H13IO2. The molecule has 4 rings (SSSR count). The summed E-state index contributed by atoms with van der Waals surface area (Å²) in [6.45, 7) is 0. The fraction of sp³-hybridized carbons (Fsp3) is 0. The molecule has 0 N–H and O–H groups in total. The van der Waals surface area contributed by atoms with E-state index in [1.807, 2.05) is 48.5 Å². The van der Waals surface area contributed by atoms with Crippen LogP contribution in [0.3, 0.4) is 0 Å². The molecular weight excluding hydrogens is 399 g/mol. The van der Waals surface area contributed by atoms with Crippen molar-refractivity contribution in [3.63, 3.8) is 0 Å². The van der Waals surface area contributed by atoms with Crippen LogP contribution >= 0.6 is 22.6 Å². The van der Waals surface area contributed by atoms with Crippen LogP contribution in [0.1, 0.15) is 0 Å². The van der Waals surface area contributed by atoms with Crippen LogP contribution in [0, 0.1) is 3.77 Å². The van der Waals surface area contributed by atoms with Crippen LogP contribution in [0.25, 0.3) is 33.8 Å². The standard InChI is InChI=1S/C20H13IO2/c21-19-12-17(15-9-5-2-6-10-15)20(23-19)18-11-16(13-22-18)14-7-3-1-4-8-14/h1-13H. The molecule has 0 aliphatic carbocycles. The van der Waals surface area contributed by atoms with Crippen molar-refractivity contribution in [2.75, 3.05) is 0 Å². The molecule has 0 atom stereocenters. The summed E-state index contributed by atoms with van der Waals surface area (Å²) in [5.74, 6) is 1.51. The van der Waals surface area contributed by atoms with Gasteiger partial charge in [0.05, 0.1) is 6.26 Å². The number of furan rings is 2. The molecule has 0 fully saturated rings. The van der Waals surface area contributed by atoms with E-state index in [1.54, 1.807) is 6.26 Å². The van der Waals surface area contributed by atoms with Crippen LogP contribution in [0.5, 0.6) is 0 Å². The van der Waals surface area contributed by atoms with Gasteiger partial charge >= 0.3 is 0 Å². The molecule has 3 heteroatoms. The lowest BCUT2D eigenvalue weighted by Gasteiger charge is -1.99. The quantitative estimate of drug-likeness (QED) is 0.360. The minimum absolute atomic E-state index is 0.741. The summed E-state index contributed by atoms with van der Waals surface area (Å²) in [7, 11) is 0. The molecule has 0 saturated carbocycles. The molecule has 2 heterocycles. The van der Waals surface area contributed by atoms with Gasteiger partial charge in [0.2, 0.25) is 0 Å². The first-order valence-electron chi connectivity index (χ1n) is 7.30. The third-order valence-electron chi connectivity index (χ3n) is 3.72. The number of hydrogen-bond donors (Lipinski definition) is 0. The first-order valence-corrected chi connectivity index (χ1v) is 8.38. The number of benzene rings is 2. The Morgan fingerprint density at radius 1 is 0.696 bits per heavy atom. The summed E-state index contributed by atoms with van der Waals surface area (Å²) in [6.07, 6.45) is 1.77. The van der Waals surface area contributed by atoms with Crippen molar-refractivity contribution >= 4 is 22.6 Å². The third-order valence-corrected chi connectivity index (χ3v) is 4.25. The molecule has 4 aromatic rings. The highest BCUT2D eigenvalue weighted by atomic mass is 127. The van der Waals surface area contributed by atoms with E-state index in [1.165, 1.54) is 0 Å². The molecule has 0 unspecified atom stereocenters. The van der Waals surface area contributed by atoms with Gasteiger partial charge in [-0.1, -0.05) is 60.7 Å². The minimum Gasteiger partial charge on any atom is -0.460 e. The van der Waals surface area contributed by atoms with Crippen molar-refractivity contribution in [3.05, 3.63) is 82.8 Å². The maximum Gasteiger partial charge on any atom is 0.178 e. The number of halogens is 1. The lowest BCUT2D eigenvalue weighted by molar-refractivity contribution is 0.510. The van der Waals surface area contributed by atoms with E-state index in [0.29, 0.717) is 0 Å². The van der Waals surface area contributed by atoms with E-state index >= 15 is 0 Å². The molecule has 2 aromatic carbocycles. The van der Waals surface area contributed by atoms with Crippen molar-refractivity contribution in [1.82, 2.24) is 0 Å². The van der Waals surface area contributed by atoms with Crippen LogP contribution in [0.15, 0.2) is 87.9 Å². The molecule has 0 bridgehead atoms. The molecule has 2 nitrogen and oxygen atoms in total. The Hall–Kier alpha value is -2.27. The maximum atomic E-state index is 5.90. The summed E-state index contributed by atoms with van der Waals surface area (Å²) >= 11 is 2.19. The molecule has 0 aliphatic heterocycles. The Bertz CT molecular complexity index is 921. The van der Waals surface area contributed by atoms with Crippen LogP contribution < -0.4 is 0 Å². The van der Waals surface area contributed by atoms with Gasteiger partial charge in [-0.3, -0.25) is 0 Å². The largest absolute Gasteiger partial charge is 0.460 e. The van der Waals surface area contributed by atoms with Gasteiger partial charge in [0.1, 0.15) is 0 Å². The van der Waals surface area contributed by atoms with E-state index in [2.05, 4.69) is 46.9 Å². The molecule has 0 amide bonds. The second kappa shape index (κ2) is 6.08. The summed E-state index contributed by atoms with van der Waals surface area (Å²) in [4.78, 5) is 0. The predicted octanol–water partition coefficient (Wildman–Crippen LogP) is 6.48. The molecule has 23 heavy (non-hydrogen) atoms. The minimum atomic E-state index is 0.741. The van der Waals surface area contributed by atoms with Crippen molar-refractivity contribution in [3.8, 4) is 33.8 Å². The average Bonchev–Trinajstić information content (AvgIpc) is 3.23. The Morgan fingerprint density at radius 3 is 2.04 bits per heavy atom. The first-order chi connectivity index (χ1) is 11.3. The Labute approximate surface area is 147 Å². The smallest absolute Gasteiger partial charge is 0.178 e. The highest BCUT2D eigenvalue weighted by molar-refractivity contribution is 14.1. The van der Waals surface area contributed by atoms with Crippen LogP contribution in [-0.4, -0.2) is 0 Å². The van der Waals surface area contributed by atoms with E-state index in [0.717, 1.165) is 37.5 Å². The Morgan fingerprint density at radius 2 is 1.35 bits per heavy atom. The van der Waals surface area contributed by atoms with Crippen molar-refractivity contribution in [2.24, 2.45) is 0 Å². The van der Waals surface area contributed by atoms with Gasteiger partial charge in [0.15, 0.2) is 15.3 Å². The normalized spacial score (nSPS) is 10.8. The summed E-state index contributed by atoms with van der Waals surface area (Å²) < 4.78 is 12.5. The van der Waals surface area contributed by atoms with E-state index in [-0.39, 0.29) is 0 Å². The SMILES string of the molecule is Ic1cc(-c2ccccc2)c(-c2cc(-c3ccccc3)co2)o1. The van der Waals surface area contributed by atoms with Gasteiger partial charge in [-0.25, -0.2) is 0 Å². The Balaban J connectivity index is 1.79. The van der Waals surface area contributed by atoms with Crippen LogP contribution in [0.2, 0.25) is 0 Å². The summed E-state index contributed by atoms with van der Waals surface area (Å²) in [5, 5.41) is 0. The molecule has 112 valence electrons. The zero-order valence-corrected chi connectivity index (χ0v) is 14.4. The van der Waals surface area contributed by atoms with Gasteiger partial charge in [-0.2, -0.15) is 0 Å². The van der Waals surface area contributed by atoms with Gasteiger partial charge in [-0.05, 0) is 45.9 Å². The fourth-order valence-electron chi connectivity index (χ4n) is 2.61. The van der Waals surface area contributed by atoms with Crippen molar-refractivity contribution in [2.45, 2.75) is 0 Å². The molecule has 0 saturated heterocycles. The molecule has 0 radical (unpaired) electrons. The van der Waals surface area contributed by atoms with E-state index < -0.39 is 0 Å². The highest BCUT2D eigenvalue weighted by Crippen LogP contribution is 2.37. The summed E-state index contributed by atoms with van der Waals surface area (Å²) in [5.41, 5.74) is 4.34. The molecule has 2 aromatic heterocycles. The highest BCUT2D eigenvalue weighted by Gasteiger charge is 2.17.